The molecule has 1 unspecified atom stereocenters. The van der Waals surface area contributed by atoms with Crippen LogP contribution in [-0.4, -0.2) is 47.1 Å². The number of hydrogen-bond donors (Lipinski definition) is 2. The van der Waals surface area contributed by atoms with E-state index in [4.69, 9.17) is 0 Å². The van der Waals surface area contributed by atoms with Gasteiger partial charge in [-0.3, -0.25) is 0 Å². The minimum absolute atomic E-state index is 0.276. The summed E-state index contributed by atoms with van der Waals surface area (Å²) >= 11 is 0. The van der Waals surface area contributed by atoms with Crippen LogP contribution in [0.3, 0.4) is 0 Å². The number of carboxylic acids is 1. The third kappa shape index (κ3) is 2.61. The van der Waals surface area contributed by atoms with E-state index < -0.39 is 5.97 Å². The maximum Gasteiger partial charge on any atom is 0.339 e. The Morgan fingerprint density at radius 2 is 2.44 bits per heavy atom. The number of anilines is 1. The Morgan fingerprint density at radius 3 is 3.06 bits per heavy atom. The second-order valence-corrected chi connectivity index (χ2v) is 4.81. The van der Waals surface area contributed by atoms with Gasteiger partial charge in [0.2, 0.25) is 0 Å². The fourth-order valence-corrected chi connectivity index (χ4v) is 2.41. The first-order valence-corrected chi connectivity index (χ1v) is 6.22. The van der Waals surface area contributed by atoms with Gasteiger partial charge in [-0.15, -0.1) is 0 Å². The summed E-state index contributed by atoms with van der Waals surface area (Å²) in [6, 6.07) is 2.19. The zero-order valence-corrected chi connectivity index (χ0v) is 10.8. The fraction of sp³-hybridized carbons (Fsp3) is 0.538. The highest BCUT2D eigenvalue weighted by molar-refractivity contribution is 5.94. The third-order valence-electron chi connectivity index (χ3n) is 3.55. The zero-order valence-electron chi connectivity index (χ0n) is 10.8. The van der Waals surface area contributed by atoms with E-state index in [2.05, 4.69) is 22.2 Å². The molecule has 0 aromatic carbocycles. The number of likely N-dealkylation sites (N-methyl/N-ethyl adjacent to an activating group) is 1. The van der Waals surface area contributed by atoms with Crippen molar-refractivity contribution in [2.45, 2.75) is 25.8 Å². The smallest absolute Gasteiger partial charge is 0.339 e. The van der Waals surface area contributed by atoms with Crippen molar-refractivity contribution < 1.29 is 9.90 Å². The van der Waals surface area contributed by atoms with Gasteiger partial charge in [0.25, 0.3) is 0 Å². The van der Waals surface area contributed by atoms with Crippen molar-refractivity contribution in [2.75, 3.05) is 25.5 Å². The van der Waals surface area contributed by atoms with Gasteiger partial charge in [0.05, 0.1) is 0 Å². The van der Waals surface area contributed by atoms with Crippen molar-refractivity contribution in [1.82, 2.24) is 9.88 Å². The SMILES string of the molecule is Cc1ccnc(NCC2CCCN2C)c1C(=O)O. The maximum atomic E-state index is 11.2. The number of nitrogens with one attached hydrogen (secondary N) is 1. The number of carbonyl (C=O) groups is 1. The minimum atomic E-state index is -0.928. The van der Waals surface area contributed by atoms with E-state index in [0.717, 1.165) is 25.1 Å². The topological polar surface area (TPSA) is 65.5 Å². The van der Waals surface area contributed by atoms with Gasteiger partial charge in [0, 0.05) is 18.8 Å². The quantitative estimate of drug-likeness (QED) is 0.848. The van der Waals surface area contributed by atoms with Crippen LogP contribution >= 0.6 is 0 Å². The molecule has 1 atom stereocenters. The van der Waals surface area contributed by atoms with Crippen molar-refractivity contribution in [3.05, 3.63) is 23.4 Å². The second-order valence-electron chi connectivity index (χ2n) is 4.81. The predicted molar refractivity (Wildman–Crippen MR) is 70.1 cm³/mol. The molecule has 0 radical (unpaired) electrons. The van der Waals surface area contributed by atoms with Crippen molar-refractivity contribution in [3.8, 4) is 0 Å². The fourth-order valence-electron chi connectivity index (χ4n) is 2.41. The molecule has 98 valence electrons. The van der Waals surface area contributed by atoms with Gasteiger partial charge in [-0.2, -0.15) is 0 Å². The predicted octanol–water partition coefficient (Wildman–Crippen LogP) is 1.59. The number of hydrogen-bond acceptors (Lipinski definition) is 4. The Labute approximate surface area is 107 Å². The van der Waals surface area contributed by atoms with Gasteiger partial charge in [-0.05, 0) is 45.0 Å². The molecule has 1 aliphatic heterocycles. The molecule has 0 spiro atoms. The Balaban J connectivity index is 2.09. The molecule has 2 rings (SSSR count). The molecule has 1 fully saturated rings. The highest BCUT2D eigenvalue weighted by Gasteiger charge is 2.21. The lowest BCUT2D eigenvalue weighted by atomic mass is 10.1. The monoisotopic (exact) mass is 249 g/mol. The van der Waals surface area contributed by atoms with Gasteiger partial charge in [0.15, 0.2) is 0 Å². The molecule has 18 heavy (non-hydrogen) atoms. The average molecular weight is 249 g/mol. The molecule has 2 heterocycles. The van der Waals surface area contributed by atoms with Gasteiger partial charge in [-0.25, -0.2) is 9.78 Å². The van der Waals surface area contributed by atoms with E-state index in [1.54, 1.807) is 19.2 Å². The Kier molecular flexibility index (Phi) is 3.81. The van der Waals surface area contributed by atoms with Crippen LogP contribution in [0.2, 0.25) is 0 Å². The van der Waals surface area contributed by atoms with Crippen molar-refractivity contribution in [1.29, 1.82) is 0 Å². The molecular weight excluding hydrogens is 230 g/mol. The molecule has 5 heteroatoms. The van der Waals surface area contributed by atoms with E-state index in [1.807, 2.05) is 0 Å². The van der Waals surface area contributed by atoms with Gasteiger partial charge in [-0.1, -0.05) is 0 Å². The van der Waals surface area contributed by atoms with E-state index in [9.17, 15) is 9.90 Å². The number of likely N-dealkylation sites (tertiary alicyclic amines) is 1. The molecule has 1 saturated heterocycles. The summed E-state index contributed by atoms with van der Waals surface area (Å²) < 4.78 is 0. The van der Waals surface area contributed by atoms with Crippen molar-refractivity contribution in [2.24, 2.45) is 0 Å². The first-order chi connectivity index (χ1) is 8.59. The minimum Gasteiger partial charge on any atom is -0.478 e. The van der Waals surface area contributed by atoms with E-state index >= 15 is 0 Å². The van der Waals surface area contributed by atoms with Gasteiger partial charge in [0.1, 0.15) is 11.4 Å². The van der Waals surface area contributed by atoms with Crippen LogP contribution in [0.5, 0.6) is 0 Å². The average Bonchev–Trinajstić information content (AvgIpc) is 2.71. The molecule has 1 aromatic heterocycles. The van der Waals surface area contributed by atoms with E-state index in [-0.39, 0.29) is 5.56 Å². The highest BCUT2D eigenvalue weighted by atomic mass is 16.4. The number of aromatic carboxylic acids is 1. The number of pyridine rings is 1. The van der Waals surface area contributed by atoms with Crippen molar-refractivity contribution >= 4 is 11.8 Å². The Morgan fingerprint density at radius 1 is 1.67 bits per heavy atom. The highest BCUT2D eigenvalue weighted by Crippen LogP contribution is 2.19. The molecule has 1 aromatic rings. The Bertz CT molecular complexity index is 448. The molecular formula is C13H19N3O2. The lowest BCUT2D eigenvalue weighted by Gasteiger charge is -2.20. The molecule has 0 amide bonds. The second kappa shape index (κ2) is 5.35. The summed E-state index contributed by atoms with van der Waals surface area (Å²) in [7, 11) is 2.10. The van der Waals surface area contributed by atoms with Crippen molar-refractivity contribution in [3.63, 3.8) is 0 Å². The van der Waals surface area contributed by atoms with E-state index in [1.165, 1.54) is 6.42 Å². The molecule has 0 bridgehead atoms. The number of carboxylic acid groups (broad SMARTS) is 1. The number of aryl methyl sites for hydroxylation is 1. The van der Waals surface area contributed by atoms with Crippen LogP contribution in [-0.2, 0) is 0 Å². The molecule has 0 saturated carbocycles. The molecule has 5 nitrogen and oxygen atoms in total. The van der Waals surface area contributed by atoms with Crippen LogP contribution in [0.15, 0.2) is 12.3 Å². The van der Waals surface area contributed by atoms with Crippen LogP contribution in [0.4, 0.5) is 5.82 Å². The zero-order chi connectivity index (χ0) is 13.1. The van der Waals surface area contributed by atoms with Crippen LogP contribution < -0.4 is 5.32 Å². The summed E-state index contributed by atoms with van der Waals surface area (Å²) in [6.45, 7) is 3.64. The lowest BCUT2D eigenvalue weighted by molar-refractivity contribution is 0.0697. The lowest BCUT2D eigenvalue weighted by Crippen LogP contribution is -2.32. The summed E-state index contributed by atoms with van der Waals surface area (Å²) in [5.74, 6) is -0.453. The first-order valence-electron chi connectivity index (χ1n) is 6.22. The maximum absolute atomic E-state index is 11.2. The third-order valence-corrected chi connectivity index (χ3v) is 3.55. The van der Waals surface area contributed by atoms with Crippen LogP contribution in [0, 0.1) is 6.92 Å². The Hall–Kier alpha value is -1.62. The van der Waals surface area contributed by atoms with Gasteiger partial charge >= 0.3 is 5.97 Å². The van der Waals surface area contributed by atoms with Crippen LogP contribution in [0.1, 0.15) is 28.8 Å². The number of aromatic nitrogens is 1. The van der Waals surface area contributed by atoms with Gasteiger partial charge < -0.3 is 15.3 Å². The molecule has 0 aliphatic carbocycles. The summed E-state index contributed by atoms with van der Waals surface area (Å²) in [5, 5.41) is 12.4. The first kappa shape index (κ1) is 12.8. The summed E-state index contributed by atoms with van der Waals surface area (Å²) in [4.78, 5) is 17.6. The molecule has 2 N–H and O–H groups in total. The molecule has 1 aliphatic rings. The normalized spacial score (nSPS) is 20.0. The summed E-state index contributed by atoms with van der Waals surface area (Å²) in [5.41, 5.74) is 1.01. The largest absolute Gasteiger partial charge is 0.478 e. The summed E-state index contributed by atoms with van der Waals surface area (Å²) in [6.07, 6.45) is 4.00. The van der Waals surface area contributed by atoms with E-state index in [0.29, 0.717) is 11.9 Å². The number of nitrogens with zero attached hydrogens (tertiary/aromatic N) is 2. The number of rotatable bonds is 4. The standard InChI is InChI=1S/C13H19N3O2/c1-9-5-6-14-12(11(9)13(17)18)15-8-10-4-3-7-16(10)2/h5-6,10H,3-4,7-8H2,1-2H3,(H,14,15)(H,17,18). The van der Waals surface area contributed by atoms with Crippen LogP contribution in [0.25, 0.3) is 0 Å².